The lowest BCUT2D eigenvalue weighted by Crippen LogP contribution is -2.20. The molecule has 0 spiro atoms. The first kappa shape index (κ1) is 15.3. The normalized spacial score (nSPS) is 22.2. The van der Waals surface area contributed by atoms with Gasteiger partial charge in [-0.1, -0.05) is 18.2 Å². The summed E-state index contributed by atoms with van der Waals surface area (Å²) >= 11 is 0. The number of benzene rings is 2. The van der Waals surface area contributed by atoms with Crippen LogP contribution in [0.5, 0.6) is 0 Å². The zero-order valence-electron chi connectivity index (χ0n) is 13.5. The molecule has 3 nitrogen and oxygen atoms in total. The lowest BCUT2D eigenvalue weighted by atomic mass is 10.1. The van der Waals surface area contributed by atoms with Gasteiger partial charge in [-0.25, -0.2) is 4.39 Å². The highest BCUT2D eigenvalue weighted by Gasteiger charge is 2.39. The van der Waals surface area contributed by atoms with E-state index in [0.29, 0.717) is 23.2 Å². The molecular weight excluding hydrogens is 303 g/mol. The molecule has 0 bridgehead atoms. The van der Waals surface area contributed by atoms with Crippen LogP contribution in [0.25, 0.3) is 0 Å². The molecule has 124 valence electrons. The van der Waals surface area contributed by atoms with E-state index in [-0.39, 0.29) is 11.7 Å². The first-order valence-corrected chi connectivity index (χ1v) is 8.59. The van der Waals surface area contributed by atoms with Gasteiger partial charge in [-0.3, -0.25) is 4.79 Å². The van der Waals surface area contributed by atoms with E-state index >= 15 is 0 Å². The Labute approximate surface area is 141 Å². The Morgan fingerprint density at radius 3 is 2.75 bits per heavy atom. The Bertz CT molecular complexity index is 757. The molecule has 0 saturated heterocycles. The largest absolute Gasteiger partial charge is 0.322 e. The molecule has 0 aliphatic heterocycles. The SMILES string of the molecule is O=C(Nc1cccc(F)c1)c1cccc([C@@H]2C[C@H]2NCC2CC2)c1. The van der Waals surface area contributed by atoms with Gasteiger partial charge in [0, 0.05) is 23.2 Å². The summed E-state index contributed by atoms with van der Waals surface area (Å²) in [5, 5.41) is 6.37. The smallest absolute Gasteiger partial charge is 0.255 e. The molecule has 2 aliphatic carbocycles. The van der Waals surface area contributed by atoms with Crippen molar-refractivity contribution in [2.24, 2.45) is 5.92 Å². The highest BCUT2D eigenvalue weighted by atomic mass is 19.1. The van der Waals surface area contributed by atoms with E-state index in [1.54, 1.807) is 18.2 Å². The number of hydrogen-bond donors (Lipinski definition) is 2. The molecule has 2 fully saturated rings. The fraction of sp³-hybridized carbons (Fsp3) is 0.350. The molecule has 24 heavy (non-hydrogen) atoms. The van der Waals surface area contributed by atoms with Crippen LogP contribution in [0.2, 0.25) is 0 Å². The zero-order chi connectivity index (χ0) is 16.5. The Hall–Kier alpha value is -2.20. The van der Waals surface area contributed by atoms with Crippen molar-refractivity contribution in [1.82, 2.24) is 5.32 Å². The topological polar surface area (TPSA) is 41.1 Å². The number of carbonyl (C=O) groups is 1. The van der Waals surface area contributed by atoms with Gasteiger partial charge in [-0.05, 0) is 67.6 Å². The summed E-state index contributed by atoms with van der Waals surface area (Å²) in [5.41, 5.74) is 2.29. The summed E-state index contributed by atoms with van der Waals surface area (Å²) in [4.78, 5) is 12.4. The monoisotopic (exact) mass is 324 g/mol. The maximum atomic E-state index is 13.2. The maximum Gasteiger partial charge on any atom is 0.255 e. The van der Waals surface area contributed by atoms with Crippen molar-refractivity contribution in [3.63, 3.8) is 0 Å². The summed E-state index contributed by atoms with van der Waals surface area (Å²) in [5.74, 6) is 0.829. The number of amides is 1. The molecule has 0 radical (unpaired) electrons. The lowest BCUT2D eigenvalue weighted by Gasteiger charge is -2.08. The van der Waals surface area contributed by atoms with Gasteiger partial charge in [-0.2, -0.15) is 0 Å². The summed E-state index contributed by atoms with van der Waals surface area (Å²) < 4.78 is 13.2. The van der Waals surface area contributed by atoms with Crippen LogP contribution in [0.4, 0.5) is 10.1 Å². The van der Waals surface area contributed by atoms with E-state index in [1.165, 1.54) is 30.5 Å². The second-order valence-electron chi connectivity index (χ2n) is 6.89. The van der Waals surface area contributed by atoms with E-state index in [2.05, 4.69) is 16.7 Å². The number of anilines is 1. The molecule has 2 aromatic carbocycles. The van der Waals surface area contributed by atoms with Gasteiger partial charge in [0.05, 0.1) is 0 Å². The number of hydrogen-bond acceptors (Lipinski definition) is 2. The fourth-order valence-corrected chi connectivity index (χ4v) is 3.11. The van der Waals surface area contributed by atoms with Gasteiger partial charge in [0.1, 0.15) is 5.82 Å². The van der Waals surface area contributed by atoms with Crippen LogP contribution in [0.3, 0.4) is 0 Å². The summed E-state index contributed by atoms with van der Waals surface area (Å²) in [7, 11) is 0. The van der Waals surface area contributed by atoms with Gasteiger partial charge in [-0.15, -0.1) is 0 Å². The van der Waals surface area contributed by atoms with E-state index in [0.717, 1.165) is 18.9 Å². The van der Waals surface area contributed by atoms with Gasteiger partial charge < -0.3 is 10.6 Å². The number of rotatable bonds is 6. The van der Waals surface area contributed by atoms with Crippen molar-refractivity contribution >= 4 is 11.6 Å². The lowest BCUT2D eigenvalue weighted by molar-refractivity contribution is 0.102. The van der Waals surface area contributed by atoms with E-state index in [1.807, 2.05) is 12.1 Å². The van der Waals surface area contributed by atoms with E-state index in [9.17, 15) is 9.18 Å². The van der Waals surface area contributed by atoms with Crippen LogP contribution in [-0.4, -0.2) is 18.5 Å². The average molecular weight is 324 g/mol. The van der Waals surface area contributed by atoms with Crippen LogP contribution in [0.15, 0.2) is 48.5 Å². The van der Waals surface area contributed by atoms with Crippen molar-refractivity contribution in [2.75, 3.05) is 11.9 Å². The van der Waals surface area contributed by atoms with Crippen LogP contribution in [0, 0.1) is 11.7 Å². The summed E-state index contributed by atoms with van der Waals surface area (Å²) in [6.07, 6.45) is 3.86. The van der Waals surface area contributed by atoms with Crippen LogP contribution < -0.4 is 10.6 Å². The quantitative estimate of drug-likeness (QED) is 0.845. The third-order valence-electron chi connectivity index (χ3n) is 4.82. The van der Waals surface area contributed by atoms with Gasteiger partial charge >= 0.3 is 0 Å². The maximum absolute atomic E-state index is 13.2. The average Bonchev–Trinajstić information content (AvgIpc) is 3.47. The van der Waals surface area contributed by atoms with Crippen molar-refractivity contribution < 1.29 is 9.18 Å². The molecule has 1 amide bonds. The van der Waals surface area contributed by atoms with Crippen molar-refractivity contribution in [3.8, 4) is 0 Å². The highest BCUT2D eigenvalue weighted by Crippen LogP contribution is 2.41. The second-order valence-corrected chi connectivity index (χ2v) is 6.89. The molecule has 4 heteroatoms. The minimum atomic E-state index is -0.357. The van der Waals surface area contributed by atoms with Crippen molar-refractivity contribution in [2.45, 2.75) is 31.2 Å². The zero-order valence-corrected chi connectivity index (χ0v) is 13.5. The van der Waals surface area contributed by atoms with E-state index in [4.69, 9.17) is 0 Å². The molecule has 2 aromatic rings. The molecule has 0 unspecified atom stereocenters. The molecular formula is C20H21FN2O. The fourth-order valence-electron chi connectivity index (χ4n) is 3.11. The Balaban J connectivity index is 1.39. The predicted octanol–water partition coefficient (Wildman–Crippen LogP) is 3.93. The van der Waals surface area contributed by atoms with Crippen molar-refractivity contribution in [1.29, 1.82) is 0 Å². The Morgan fingerprint density at radius 1 is 1.12 bits per heavy atom. The Kier molecular flexibility index (Phi) is 4.07. The number of halogens is 1. The third-order valence-corrected chi connectivity index (χ3v) is 4.82. The minimum Gasteiger partial charge on any atom is -0.322 e. The number of carbonyl (C=O) groups excluding carboxylic acids is 1. The van der Waals surface area contributed by atoms with Gasteiger partial charge in [0.2, 0.25) is 0 Å². The molecule has 0 aromatic heterocycles. The van der Waals surface area contributed by atoms with Crippen molar-refractivity contribution in [3.05, 3.63) is 65.5 Å². The standard InChI is InChI=1S/C20H21FN2O/c21-16-5-2-6-17(10-16)23-20(24)15-4-1-3-14(9-15)18-11-19(18)22-12-13-7-8-13/h1-6,9-10,13,18-19,22H,7-8,11-12H2,(H,23,24)/t18-,19+/m0/s1. The summed E-state index contributed by atoms with van der Waals surface area (Å²) in [6, 6.07) is 14.3. The van der Waals surface area contributed by atoms with Gasteiger partial charge in [0.15, 0.2) is 0 Å². The highest BCUT2D eigenvalue weighted by molar-refractivity contribution is 6.04. The van der Waals surface area contributed by atoms with E-state index < -0.39 is 0 Å². The second kappa shape index (κ2) is 6.36. The molecule has 2 saturated carbocycles. The molecule has 2 N–H and O–H groups in total. The predicted molar refractivity (Wildman–Crippen MR) is 92.7 cm³/mol. The molecule has 0 heterocycles. The number of nitrogens with one attached hydrogen (secondary N) is 2. The third kappa shape index (κ3) is 3.65. The Morgan fingerprint density at radius 2 is 1.96 bits per heavy atom. The molecule has 2 atom stereocenters. The van der Waals surface area contributed by atoms with Crippen LogP contribution >= 0.6 is 0 Å². The van der Waals surface area contributed by atoms with Crippen LogP contribution in [-0.2, 0) is 0 Å². The summed E-state index contributed by atoms with van der Waals surface area (Å²) in [6.45, 7) is 1.13. The molecule has 2 aliphatic rings. The molecule has 4 rings (SSSR count). The van der Waals surface area contributed by atoms with Crippen LogP contribution in [0.1, 0.15) is 41.1 Å². The first-order valence-electron chi connectivity index (χ1n) is 8.59. The first-order chi connectivity index (χ1) is 11.7. The van der Waals surface area contributed by atoms with Gasteiger partial charge in [0.25, 0.3) is 5.91 Å². The minimum absolute atomic E-state index is 0.203.